The summed E-state index contributed by atoms with van der Waals surface area (Å²) >= 11 is 0. The highest BCUT2D eigenvalue weighted by Crippen LogP contribution is 2.40. The number of carbonyl (C=O) groups excluding carboxylic acids is 1. The number of methoxy groups -OCH3 is 1. The first-order valence-corrected chi connectivity index (χ1v) is 11.2. The molecule has 5 rings (SSSR count). The molecule has 0 saturated carbocycles. The second kappa shape index (κ2) is 8.04. The molecule has 1 unspecified atom stereocenters. The van der Waals surface area contributed by atoms with Gasteiger partial charge in [-0.3, -0.25) is 9.52 Å². The largest absolute Gasteiger partial charge is 0.497 e. The van der Waals surface area contributed by atoms with Crippen molar-refractivity contribution in [3.8, 4) is 22.6 Å². The highest BCUT2D eigenvalue weighted by Gasteiger charge is 2.27. The lowest BCUT2D eigenvalue weighted by molar-refractivity contribution is -0.114. The number of carbonyl (C=O) groups is 1. The van der Waals surface area contributed by atoms with Gasteiger partial charge in [0, 0.05) is 6.08 Å². The van der Waals surface area contributed by atoms with Crippen LogP contribution in [0.25, 0.3) is 16.0 Å². The molecule has 1 N–H and O–H groups in total. The van der Waals surface area contributed by atoms with Gasteiger partial charge in [-0.1, -0.05) is 42.5 Å². The molecule has 3 aromatic carbocycles. The van der Waals surface area contributed by atoms with Gasteiger partial charge in [0.25, 0.3) is 5.91 Å². The van der Waals surface area contributed by atoms with Crippen molar-refractivity contribution in [3.63, 3.8) is 0 Å². The van der Waals surface area contributed by atoms with Crippen molar-refractivity contribution in [2.24, 2.45) is 0 Å². The fourth-order valence-electron chi connectivity index (χ4n) is 4.18. The van der Waals surface area contributed by atoms with Crippen molar-refractivity contribution in [1.82, 2.24) is 4.72 Å². The smallest absolute Gasteiger partial charge is 0.257 e. The second-order valence-corrected chi connectivity index (χ2v) is 8.70. The van der Waals surface area contributed by atoms with Gasteiger partial charge in [0.1, 0.15) is 17.6 Å². The Kier molecular flexibility index (Phi) is 5.08. The Balaban J connectivity index is 1.37. The van der Waals surface area contributed by atoms with E-state index in [9.17, 15) is 9.00 Å². The zero-order valence-corrected chi connectivity index (χ0v) is 17.8. The standard InChI is InChI=1S/C25H21NO4S/c1-29-18-9-5-16(6-10-18)20-3-2-4-22-21(20)13-14-23(22)30-19-11-7-17(8-12-19)24-15-25(27)26-31(24)28/h2-12,15,23H,13-14H2,1H3,(H,26,27)/t23-,31?/m1/s1. The van der Waals surface area contributed by atoms with Crippen LogP contribution < -0.4 is 14.2 Å². The molecule has 0 spiro atoms. The highest BCUT2D eigenvalue weighted by molar-refractivity contribution is 7.93. The number of ether oxygens (including phenoxy) is 2. The third kappa shape index (κ3) is 3.75. The summed E-state index contributed by atoms with van der Waals surface area (Å²) in [4.78, 5) is 11.9. The van der Waals surface area contributed by atoms with Crippen LogP contribution in [0.15, 0.2) is 72.8 Å². The number of benzene rings is 3. The van der Waals surface area contributed by atoms with Crippen molar-refractivity contribution >= 4 is 21.8 Å². The highest BCUT2D eigenvalue weighted by atomic mass is 32.2. The molecule has 31 heavy (non-hydrogen) atoms. The van der Waals surface area contributed by atoms with Crippen molar-refractivity contribution in [1.29, 1.82) is 0 Å². The van der Waals surface area contributed by atoms with E-state index < -0.39 is 11.0 Å². The molecule has 0 fully saturated rings. The van der Waals surface area contributed by atoms with Gasteiger partial charge >= 0.3 is 0 Å². The van der Waals surface area contributed by atoms with Crippen LogP contribution in [0, 0.1) is 0 Å². The molecule has 3 aromatic rings. The molecular weight excluding hydrogens is 410 g/mol. The lowest BCUT2D eigenvalue weighted by atomic mass is 9.96. The Morgan fingerprint density at radius 3 is 2.32 bits per heavy atom. The molecule has 1 heterocycles. The Labute approximate surface area is 183 Å². The molecule has 0 radical (unpaired) electrons. The van der Waals surface area contributed by atoms with Crippen LogP contribution in [0.5, 0.6) is 11.5 Å². The van der Waals surface area contributed by atoms with Gasteiger partial charge < -0.3 is 9.47 Å². The van der Waals surface area contributed by atoms with E-state index in [2.05, 4.69) is 35.1 Å². The average molecular weight is 432 g/mol. The SMILES string of the molecule is COc1ccc(-c2cccc3c2CC[C@H]3Oc2ccc(C3=CC(=O)NS3=O)cc2)cc1. The molecule has 2 atom stereocenters. The zero-order valence-electron chi connectivity index (χ0n) is 17.0. The number of fused-ring (bicyclic) bond motifs is 1. The summed E-state index contributed by atoms with van der Waals surface area (Å²) in [6.07, 6.45) is 3.24. The van der Waals surface area contributed by atoms with E-state index in [4.69, 9.17) is 9.47 Å². The van der Waals surface area contributed by atoms with Gasteiger partial charge in [-0.15, -0.1) is 0 Å². The first kappa shape index (κ1) is 19.6. The monoisotopic (exact) mass is 431 g/mol. The minimum Gasteiger partial charge on any atom is -0.497 e. The predicted molar refractivity (Wildman–Crippen MR) is 121 cm³/mol. The maximum absolute atomic E-state index is 11.9. The van der Waals surface area contributed by atoms with Crippen molar-refractivity contribution in [2.45, 2.75) is 18.9 Å². The molecule has 0 saturated heterocycles. The van der Waals surface area contributed by atoms with Gasteiger partial charge in [0.15, 0.2) is 11.0 Å². The number of nitrogens with one attached hydrogen (secondary N) is 1. The Morgan fingerprint density at radius 1 is 0.935 bits per heavy atom. The molecule has 5 nitrogen and oxygen atoms in total. The quantitative estimate of drug-likeness (QED) is 0.643. The maximum Gasteiger partial charge on any atom is 0.257 e. The fourth-order valence-corrected chi connectivity index (χ4v) is 5.10. The van der Waals surface area contributed by atoms with E-state index in [-0.39, 0.29) is 12.0 Å². The third-order valence-electron chi connectivity index (χ3n) is 5.69. The van der Waals surface area contributed by atoms with E-state index in [1.165, 1.54) is 28.3 Å². The van der Waals surface area contributed by atoms with Crippen LogP contribution in [0.2, 0.25) is 0 Å². The molecule has 1 aliphatic heterocycles. The number of rotatable bonds is 5. The van der Waals surface area contributed by atoms with Gasteiger partial charge in [0.2, 0.25) is 0 Å². The Bertz CT molecular complexity index is 1200. The van der Waals surface area contributed by atoms with E-state index in [1.54, 1.807) is 7.11 Å². The number of hydrogen-bond acceptors (Lipinski definition) is 4. The van der Waals surface area contributed by atoms with E-state index >= 15 is 0 Å². The molecule has 0 aromatic heterocycles. The number of hydrogen-bond donors (Lipinski definition) is 1. The van der Waals surface area contributed by atoms with Crippen molar-refractivity contribution < 1.29 is 18.5 Å². The maximum atomic E-state index is 11.9. The van der Waals surface area contributed by atoms with Crippen LogP contribution in [0.3, 0.4) is 0 Å². The minimum atomic E-state index is -1.49. The molecule has 6 heteroatoms. The van der Waals surface area contributed by atoms with Crippen LogP contribution in [-0.2, 0) is 22.2 Å². The summed E-state index contributed by atoms with van der Waals surface area (Å²) in [5, 5.41) is 0. The second-order valence-electron chi connectivity index (χ2n) is 7.52. The Hall–Kier alpha value is -3.38. The van der Waals surface area contributed by atoms with E-state index in [1.807, 2.05) is 36.4 Å². The first-order chi connectivity index (χ1) is 15.1. The van der Waals surface area contributed by atoms with Gasteiger partial charge in [0.05, 0.1) is 12.0 Å². The molecule has 0 bridgehead atoms. The summed E-state index contributed by atoms with van der Waals surface area (Å²) in [5.41, 5.74) is 5.69. The summed E-state index contributed by atoms with van der Waals surface area (Å²) < 4.78 is 25.9. The van der Waals surface area contributed by atoms with E-state index in [0.717, 1.165) is 29.9 Å². The van der Waals surface area contributed by atoms with Gasteiger partial charge in [-0.25, -0.2) is 4.21 Å². The van der Waals surface area contributed by atoms with Crippen LogP contribution >= 0.6 is 0 Å². The molecule has 1 amide bonds. The van der Waals surface area contributed by atoms with Gasteiger partial charge in [-0.05, 0) is 64.9 Å². The molecule has 1 aliphatic carbocycles. The Morgan fingerprint density at radius 2 is 1.65 bits per heavy atom. The van der Waals surface area contributed by atoms with Crippen molar-refractivity contribution in [2.75, 3.05) is 7.11 Å². The summed E-state index contributed by atoms with van der Waals surface area (Å²) in [5.74, 6) is 1.27. The fraction of sp³-hybridized carbons (Fsp3) is 0.160. The summed E-state index contributed by atoms with van der Waals surface area (Å²) in [6, 6.07) is 21.9. The van der Waals surface area contributed by atoms with Crippen molar-refractivity contribution in [3.05, 3.63) is 89.5 Å². The molecule has 2 aliphatic rings. The lowest BCUT2D eigenvalue weighted by Gasteiger charge is -2.16. The lowest BCUT2D eigenvalue weighted by Crippen LogP contribution is -2.16. The van der Waals surface area contributed by atoms with E-state index in [0.29, 0.717) is 4.91 Å². The van der Waals surface area contributed by atoms with Crippen LogP contribution in [0.4, 0.5) is 0 Å². The third-order valence-corrected chi connectivity index (χ3v) is 6.83. The normalized spacial score (nSPS) is 19.5. The predicted octanol–water partition coefficient (Wildman–Crippen LogP) is 4.56. The van der Waals surface area contributed by atoms with Crippen LogP contribution in [-0.4, -0.2) is 17.2 Å². The van der Waals surface area contributed by atoms with Gasteiger partial charge in [-0.2, -0.15) is 0 Å². The summed E-state index contributed by atoms with van der Waals surface area (Å²) in [7, 11) is 0.179. The molecular formula is C25H21NO4S. The molecule has 156 valence electrons. The number of amides is 1. The van der Waals surface area contributed by atoms with Crippen LogP contribution in [0.1, 0.15) is 29.2 Å². The minimum absolute atomic E-state index is 0.0119. The topological polar surface area (TPSA) is 64.6 Å². The average Bonchev–Trinajstić information content (AvgIpc) is 3.36. The summed E-state index contributed by atoms with van der Waals surface area (Å²) in [6.45, 7) is 0. The first-order valence-electron chi connectivity index (χ1n) is 10.1. The zero-order chi connectivity index (χ0) is 21.4.